The molecule has 11 heteroatoms. The lowest BCUT2D eigenvalue weighted by Gasteiger charge is -2.11. The fourth-order valence-corrected chi connectivity index (χ4v) is 2.64. The van der Waals surface area contributed by atoms with Crippen molar-refractivity contribution in [2.45, 2.75) is 6.61 Å². The Bertz CT molecular complexity index is 1090. The second kappa shape index (κ2) is 9.33. The van der Waals surface area contributed by atoms with Crippen molar-refractivity contribution in [1.29, 1.82) is 0 Å². The third-order valence-corrected chi connectivity index (χ3v) is 4.20. The minimum Gasteiger partial charge on any atom is -0.378 e. The van der Waals surface area contributed by atoms with E-state index in [1.807, 2.05) is 0 Å². The monoisotopic (exact) mass is 431 g/mol. The minimum absolute atomic E-state index is 0.0728. The Morgan fingerprint density at radius 1 is 1.37 bits per heavy atom. The summed E-state index contributed by atoms with van der Waals surface area (Å²) in [5, 5.41) is 12.8. The molecule has 0 radical (unpaired) electrons. The Morgan fingerprint density at radius 3 is 2.90 bits per heavy atom. The molecule has 3 N–H and O–H groups in total. The maximum absolute atomic E-state index is 14.3. The van der Waals surface area contributed by atoms with Gasteiger partial charge in [0.15, 0.2) is 11.6 Å². The summed E-state index contributed by atoms with van der Waals surface area (Å²) in [5.74, 6) is -0.0704. The lowest BCUT2D eigenvalue weighted by atomic mass is 10.2. The second-order valence-electron chi connectivity index (χ2n) is 6.11. The van der Waals surface area contributed by atoms with Crippen LogP contribution in [0.5, 0.6) is 0 Å². The smallest absolute Gasteiger partial charge is 0.247 e. The SMILES string of the molecule is C=CC(=O)Nc1ccc(F)c(Nc2nc(Nc3cc(COC)n(C)n3)ncc2Cl)c1. The van der Waals surface area contributed by atoms with Gasteiger partial charge in [-0.05, 0) is 24.3 Å². The molecule has 0 bridgehead atoms. The Hall–Kier alpha value is -3.50. The molecule has 0 aliphatic rings. The Balaban J connectivity index is 1.82. The van der Waals surface area contributed by atoms with Crippen LogP contribution in [0.3, 0.4) is 0 Å². The van der Waals surface area contributed by atoms with E-state index in [1.54, 1.807) is 24.9 Å². The average Bonchev–Trinajstić information content (AvgIpc) is 3.06. The molecule has 3 rings (SSSR count). The van der Waals surface area contributed by atoms with Crippen molar-refractivity contribution in [2.75, 3.05) is 23.1 Å². The molecule has 2 aromatic heterocycles. The van der Waals surface area contributed by atoms with E-state index >= 15 is 0 Å². The number of rotatable bonds is 8. The summed E-state index contributed by atoms with van der Waals surface area (Å²) in [7, 11) is 3.38. The summed E-state index contributed by atoms with van der Waals surface area (Å²) >= 11 is 6.16. The minimum atomic E-state index is -0.551. The highest BCUT2D eigenvalue weighted by atomic mass is 35.5. The summed E-state index contributed by atoms with van der Waals surface area (Å²) in [4.78, 5) is 19.9. The topological polar surface area (TPSA) is 106 Å². The number of aryl methyl sites for hydroxylation is 1. The second-order valence-corrected chi connectivity index (χ2v) is 6.51. The predicted molar refractivity (Wildman–Crippen MR) is 113 cm³/mol. The molecule has 0 unspecified atom stereocenters. The average molecular weight is 432 g/mol. The molecule has 0 atom stereocenters. The number of methoxy groups -OCH3 is 1. The molecule has 0 saturated heterocycles. The molecule has 0 aliphatic heterocycles. The summed E-state index contributed by atoms with van der Waals surface area (Å²) in [6.45, 7) is 3.78. The van der Waals surface area contributed by atoms with Crippen LogP contribution >= 0.6 is 11.6 Å². The summed E-state index contributed by atoms with van der Waals surface area (Å²) in [5.41, 5.74) is 1.31. The van der Waals surface area contributed by atoms with Gasteiger partial charge in [0.25, 0.3) is 0 Å². The number of anilines is 5. The van der Waals surface area contributed by atoms with Crippen LogP contribution in [0.2, 0.25) is 5.02 Å². The molecule has 0 spiro atoms. The van der Waals surface area contributed by atoms with E-state index in [9.17, 15) is 9.18 Å². The summed E-state index contributed by atoms with van der Waals surface area (Å²) in [6.07, 6.45) is 2.49. The molecule has 1 amide bonds. The van der Waals surface area contributed by atoms with Crippen LogP contribution in [-0.4, -0.2) is 32.8 Å². The van der Waals surface area contributed by atoms with Crippen molar-refractivity contribution in [3.05, 3.63) is 59.7 Å². The zero-order chi connectivity index (χ0) is 21.7. The largest absolute Gasteiger partial charge is 0.378 e. The van der Waals surface area contributed by atoms with Crippen LogP contribution in [0.15, 0.2) is 43.1 Å². The van der Waals surface area contributed by atoms with Gasteiger partial charge < -0.3 is 20.7 Å². The molecule has 0 fully saturated rings. The van der Waals surface area contributed by atoms with Gasteiger partial charge >= 0.3 is 0 Å². The van der Waals surface area contributed by atoms with Gasteiger partial charge in [-0.2, -0.15) is 10.1 Å². The van der Waals surface area contributed by atoms with Gasteiger partial charge in [0, 0.05) is 25.9 Å². The first-order chi connectivity index (χ1) is 14.4. The van der Waals surface area contributed by atoms with Crippen LogP contribution in [0.25, 0.3) is 0 Å². The van der Waals surface area contributed by atoms with E-state index in [0.29, 0.717) is 18.1 Å². The summed E-state index contributed by atoms with van der Waals surface area (Å²) in [6, 6.07) is 5.84. The number of carbonyl (C=O) groups excluding carboxylic acids is 1. The number of halogens is 2. The Morgan fingerprint density at radius 2 is 2.17 bits per heavy atom. The number of hydrogen-bond acceptors (Lipinski definition) is 7. The van der Waals surface area contributed by atoms with E-state index in [4.69, 9.17) is 16.3 Å². The Kier molecular flexibility index (Phi) is 6.60. The van der Waals surface area contributed by atoms with Gasteiger partial charge in [-0.15, -0.1) is 0 Å². The van der Waals surface area contributed by atoms with Crippen molar-refractivity contribution in [3.63, 3.8) is 0 Å². The Labute approximate surface area is 176 Å². The molecule has 2 heterocycles. The molecule has 0 saturated carbocycles. The van der Waals surface area contributed by atoms with E-state index < -0.39 is 11.7 Å². The highest BCUT2D eigenvalue weighted by molar-refractivity contribution is 6.32. The van der Waals surface area contributed by atoms with Crippen LogP contribution < -0.4 is 16.0 Å². The summed E-state index contributed by atoms with van der Waals surface area (Å²) < 4.78 is 21.0. The molecule has 30 heavy (non-hydrogen) atoms. The number of hydrogen-bond donors (Lipinski definition) is 3. The highest BCUT2D eigenvalue weighted by Gasteiger charge is 2.12. The lowest BCUT2D eigenvalue weighted by Crippen LogP contribution is -2.08. The number of nitrogens with zero attached hydrogens (tertiary/aromatic N) is 4. The fraction of sp³-hybridized carbons (Fsp3) is 0.158. The third kappa shape index (κ3) is 5.10. The molecule has 9 nitrogen and oxygen atoms in total. The zero-order valence-electron chi connectivity index (χ0n) is 16.2. The van der Waals surface area contributed by atoms with Crippen LogP contribution in [0.1, 0.15) is 5.69 Å². The maximum Gasteiger partial charge on any atom is 0.247 e. The number of aromatic nitrogens is 4. The van der Waals surface area contributed by atoms with Crippen LogP contribution in [0.4, 0.5) is 33.3 Å². The molecular weight excluding hydrogens is 413 g/mol. The van der Waals surface area contributed by atoms with Gasteiger partial charge in [0.05, 0.1) is 24.2 Å². The number of nitrogens with one attached hydrogen (secondary N) is 3. The van der Waals surface area contributed by atoms with Crippen molar-refractivity contribution >= 4 is 46.5 Å². The number of carbonyl (C=O) groups is 1. The van der Waals surface area contributed by atoms with Crippen molar-refractivity contribution in [2.24, 2.45) is 7.05 Å². The van der Waals surface area contributed by atoms with Crippen molar-refractivity contribution in [3.8, 4) is 0 Å². The van der Waals surface area contributed by atoms with Crippen molar-refractivity contribution in [1.82, 2.24) is 19.7 Å². The highest BCUT2D eigenvalue weighted by Crippen LogP contribution is 2.28. The van der Waals surface area contributed by atoms with Crippen molar-refractivity contribution < 1.29 is 13.9 Å². The van der Waals surface area contributed by atoms with Gasteiger partial charge in [-0.25, -0.2) is 9.37 Å². The molecule has 156 valence electrons. The number of benzene rings is 1. The first-order valence-electron chi connectivity index (χ1n) is 8.71. The van der Waals surface area contributed by atoms with E-state index in [1.165, 1.54) is 24.4 Å². The first-order valence-corrected chi connectivity index (χ1v) is 9.08. The lowest BCUT2D eigenvalue weighted by molar-refractivity contribution is -0.111. The maximum atomic E-state index is 14.3. The number of amides is 1. The molecule has 0 aliphatic carbocycles. The molecule has 1 aromatic carbocycles. The molecule has 3 aromatic rings. The standard InChI is InChI=1S/C19H19ClFN7O2/c1-4-17(29)23-11-5-6-14(21)15(7-11)24-18-13(20)9-22-19(26-18)25-16-8-12(10-30-3)28(2)27-16/h4-9H,1,10H2,2-3H3,(H,23,29)(H2,22,24,25,26,27). The first kappa shape index (κ1) is 21.2. The molecular formula is C19H19ClFN7O2. The van der Waals surface area contributed by atoms with E-state index in [0.717, 1.165) is 11.8 Å². The zero-order valence-corrected chi connectivity index (χ0v) is 17.0. The number of ether oxygens (including phenoxy) is 1. The predicted octanol–water partition coefficient (Wildman–Crippen LogP) is 3.76. The fourth-order valence-electron chi connectivity index (χ4n) is 2.50. The van der Waals surface area contributed by atoms with Gasteiger partial charge in [0.2, 0.25) is 11.9 Å². The van der Waals surface area contributed by atoms with Gasteiger partial charge in [-0.1, -0.05) is 18.2 Å². The normalized spacial score (nSPS) is 10.5. The van der Waals surface area contributed by atoms with E-state index in [-0.39, 0.29) is 22.5 Å². The quantitative estimate of drug-likeness (QED) is 0.466. The van der Waals surface area contributed by atoms with Crippen LogP contribution in [-0.2, 0) is 23.2 Å². The van der Waals surface area contributed by atoms with Gasteiger partial charge in [0.1, 0.15) is 10.8 Å². The van der Waals surface area contributed by atoms with Crippen LogP contribution in [0, 0.1) is 5.82 Å². The van der Waals surface area contributed by atoms with E-state index in [2.05, 4.69) is 37.6 Å². The third-order valence-electron chi connectivity index (χ3n) is 3.93. The van der Waals surface area contributed by atoms with Gasteiger partial charge in [-0.3, -0.25) is 9.48 Å².